The van der Waals surface area contributed by atoms with E-state index in [0.717, 1.165) is 18.3 Å². The second kappa shape index (κ2) is 2.58. The predicted octanol–water partition coefficient (Wildman–Crippen LogP) is 2.34. The topological polar surface area (TPSA) is 17.1 Å². The monoisotopic (exact) mass is 162 g/mol. The second-order valence-corrected chi connectivity index (χ2v) is 4.02. The molecule has 0 aromatic carbocycles. The molecule has 0 amide bonds. The van der Waals surface area contributed by atoms with Gasteiger partial charge in [0.05, 0.1) is 0 Å². The number of hydrogen-bond donors (Lipinski definition) is 0. The summed E-state index contributed by atoms with van der Waals surface area (Å²) in [6.07, 6.45) is 6.65. The Morgan fingerprint density at radius 3 is 2.58 bits per heavy atom. The van der Waals surface area contributed by atoms with Gasteiger partial charge in [-0.3, -0.25) is 4.79 Å². The molecule has 0 N–H and O–H groups in total. The molecule has 1 nitrogen and oxygen atoms in total. The molecule has 0 heterocycles. The maximum atomic E-state index is 10.8. The summed E-state index contributed by atoms with van der Waals surface area (Å²) >= 11 is 0. The molecule has 0 saturated carbocycles. The Labute approximate surface area is 73.2 Å². The number of hydrogen-bond acceptors (Lipinski definition) is 1. The molecule has 0 saturated heterocycles. The van der Waals surface area contributed by atoms with Crippen molar-refractivity contribution in [2.75, 3.05) is 0 Å². The Bertz CT molecular complexity index is 271. The molecule has 2 aliphatic rings. The third-order valence-corrected chi connectivity index (χ3v) is 2.96. The van der Waals surface area contributed by atoms with Crippen molar-refractivity contribution in [1.29, 1.82) is 0 Å². The fourth-order valence-electron chi connectivity index (χ4n) is 2.51. The number of fused-ring (bicyclic) bond motifs is 2. The van der Waals surface area contributed by atoms with Crippen LogP contribution in [-0.4, -0.2) is 6.29 Å². The average molecular weight is 162 g/mol. The largest absolute Gasteiger partial charge is 0.298 e. The lowest BCUT2D eigenvalue weighted by Gasteiger charge is -2.15. The summed E-state index contributed by atoms with van der Waals surface area (Å²) in [5.74, 6) is 1.56. The molecular weight excluding hydrogens is 148 g/mol. The van der Waals surface area contributed by atoms with Crippen molar-refractivity contribution in [1.82, 2.24) is 0 Å². The molecule has 0 aromatic heterocycles. The molecule has 64 valence electrons. The minimum atomic E-state index is 0.449. The van der Waals surface area contributed by atoms with Gasteiger partial charge in [0.25, 0.3) is 0 Å². The lowest BCUT2D eigenvalue weighted by atomic mass is 9.89. The van der Waals surface area contributed by atoms with E-state index in [4.69, 9.17) is 0 Å². The smallest absolute Gasteiger partial charge is 0.146 e. The van der Waals surface area contributed by atoms with E-state index in [2.05, 4.69) is 26.0 Å². The lowest BCUT2D eigenvalue weighted by molar-refractivity contribution is -0.105. The van der Waals surface area contributed by atoms with Crippen LogP contribution >= 0.6 is 0 Å². The van der Waals surface area contributed by atoms with Crippen LogP contribution in [0.1, 0.15) is 20.3 Å². The SMILES string of the molecule is CC(C)C1=C(C=O)[C@H]2C=C[C@@H]1C2. The Kier molecular flexibility index (Phi) is 1.67. The zero-order valence-electron chi connectivity index (χ0n) is 7.58. The second-order valence-electron chi connectivity index (χ2n) is 4.02. The highest BCUT2D eigenvalue weighted by Crippen LogP contribution is 2.45. The summed E-state index contributed by atoms with van der Waals surface area (Å²) < 4.78 is 0. The Balaban J connectivity index is 2.39. The molecule has 2 rings (SSSR count). The molecular formula is C11H14O. The molecule has 0 radical (unpaired) electrons. The van der Waals surface area contributed by atoms with Gasteiger partial charge in [0, 0.05) is 5.92 Å². The van der Waals surface area contributed by atoms with Crippen LogP contribution in [0.3, 0.4) is 0 Å². The summed E-state index contributed by atoms with van der Waals surface area (Å²) in [6, 6.07) is 0. The molecule has 2 bridgehead atoms. The van der Waals surface area contributed by atoms with E-state index in [-0.39, 0.29) is 0 Å². The lowest BCUT2D eigenvalue weighted by Crippen LogP contribution is -2.05. The number of aldehydes is 1. The Morgan fingerprint density at radius 1 is 1.42 bits per heavy atom. The molecule has 0 aromatic rings. The molecule has 2 atom stereocenters. The average Bonchev–Trinajstić information content (AvgIpc) is 2.60. The number of carbonyl (C=O) groups excluding carboxylic acids is 1. The van der Waals surface area contributed by atoms with Crippen LogP contribution in [0.5, 0.6) is 0 Å². The number of rotatable bonds is 2. The highest BCUT2D eigenvalue weighted by molar-refractivity contribution is 5.78. The van der Waals surface area contributed by atoms with E-state index in [1.807, 2.05) is 0 Å². The molecule has 1 heteroatoms. The highest BCUT2D eigenvalue weighted by Gasteiger charge is 2.35. The van der Waals surface area contributed by atoms with Gasteiger partial charge >= 0.3 is 0 Å². The third kappa shape index (κ3) is 0.889. The van der Waals surface area contributed by atoms with E-state index in [0.29, 0.717) is 17.8 Å². The molecule has 2 aliphatic carbocycles. The summed E-state index contributed by atoms with van der Waals surface area (Å²) in [5.41, 5.74) is 2.45. The predicted molar refractivity (Wildman–Crippen MR) is 48.7 cm³/mol. The summed E-state index contributed by atoms with van der Waals surface area (Å²) in [5, 5.41) is 0. The Hall–Kier alpha value is -0.850. The first kappa shape index (κ1) is 7.78. The summed E-state index contributed by atoms with van der Waals surface area (Å²) in [7, 11) is 0. The van der Waals surface area contributed by atoms with Gasteiger partial charge in [0.2, 0.25) is 0 Å². The standard InChI is InChI=1S/C11H14O/c1-7(2)11-9-4-3-8(5-9)10(11)6-12/h3-4,6-9H,5H2,1-2H3/t8-,9+/m0/s1. The van der Waals surface area contributed by atoms with E-state index in [1.165, 1.54) is 5.57 Å². The van der Waals surface area contributed by atoms with Crippen LogP contribution in [0.25, 0.3) is 0 Å². The molecule has 0 aliphatic heterocycles. The van der Waals surface area contributed by atoms with Gasteiger partial charge < -0.3 is 0 Å². The van der Waals surface area contributed by atoms with Crippen molar-refractivity contribution < 1.29 is 4.79 Å². The summed E-state index contributed by atoms with van der Waals surface area (Å²) in [6.45, 7) is 4.35. The van der Waals surface area contributed by atoms with E-state index >= 15 is 0 Å². The highest BCUT2D eigenvalue weighted by atomic mass is 16.1. The molecule has 0 unspecified atom stereocenters. The molecule has 0 spiro atoms. The van der Waals surface area contributed by atoms with Gasteiger partial charge in [0.15, 0.2) is 0 Å². The maximum Gasteiger partial charge on any atom is 0.146 e. The van der Waals surface area contributed by atoms with Crippen molar-refractivity contribution in [3.05, 3.63) is 23.3 Å². The fraction of sp³-hybridized carbons (Fsp3) is 0.545. The van der Waals surface area contributed by atoms with Crippen LogP contribution in [0.15, 0.2) is 23.3 Å². The van der Waals surface area contributed by atoms with Crippen molar-refractivity contribution in [3.8, 4) is 0 Å². The van der Waals surface area contributed by atoms with Gasteiger partial charge in [0.1, 0.15) is 6.29 Å². The van der Waals surface area contributed by atoms with Crippen molar-refractivity contribution in [2.45, 2.75) is 20.3 Å². The Morgan fingerprint density at radius 2 is 2.08 bits per heavy atom. The van der Waals surface area contributed by atoms with E-state index in [1.54, 1.807) is 0 Å². The van der Waals surface area contributed by atoms with Gasteiger partial charge in [-0.1, -0.05) is 31.6 Å². The minimum absolute atomic E-state index is 0.449. The zero-order chi connectivity index (χ0) is 8.72. The van der Waals surface area contributed by atoms with E-state index in [9.17, 15) is 4.79 Å². The van der Waals surface area contributed by atoms with Crippen molar-refractivity contribution >= 4 is 6.29 Å². The normalized spacial score (nSPS) is 32.2. The van der Waals surface area contributed by atoms with Gasteiger partial charge in [-0.05, 0) is 23.8 Å². The third-order valence-electron chi connectivity index (χ3n) is 2.96. The van der Waals surface area contributed by atoms with Crippen LogP contribution in [0, 0.1) is 17.8 Å². The first-order chi connectivity index (χ1) is 5.74. The van der Waals surface area contributed by atoms with Gasteiger partial charge in [-0.25, -0.2) is 0 Å². The first-order valence-electron chi connectivity index (χ1n) is 4.61. The minimum Gasteiger partial charge on any atom is -0.298 e. The van der Waals surface area contributed by atoms with Crippen LogP contribution in [0.2, 0.25) is 0 Å². The number of allylic oxidation sites excluding steroid dienone is 4. The number of carbonyl (C=O) groups is 1. The zero-order valence-corrected chi connectivity index (χ0v) is 7.58. The maximum absolute atomic E-state index is 10.8. The quantitative estimate of drug-likeness (QED) is 0.450. The van der Waals surface area contributed by atoms with E-state index < -0.39 is 0 Å². The van der Waals surface area contributed by atoms with Crippen molar-refractivity contribution in [3.63, 3.8) is 0 Å². The molecule has 0 fully saturated rings. The summed E-state index contributed by atoms with van der Waals surface area (Å²) in [4.78, 5) is 10.8. The van der Waals surface area contributed by atoms with Crippen molar-refractivity contribution in [2.24, 2.45) is 17.8 Å². The van der Waals surface area contributed by atoms with Gasteiger partial charge in [-0.2, -0.15) is 0 Å². The van der Waals surface area contributed by atoms with Crippen LogP contribution in [0.4, 0.5) is 0 Å². The van der Waals surface area contributed by atoms with Crippen LogP contribution < -0.4 is 0 Å². The molecule has 12 heavy (non-hydrogen) atoms. The van der Waals surface area contributed by atoms with Crippen LogP contribution in [-0.2, 0) is 4.79 Å². The first-order valence-corrected chi connectivity index (χ1v) is 4.61. The van der Waals surface area contributed by atoms with Gasteiger partial charge in [-0.15, -0.1) is 0 Å². The fourth-order valence-corrected chi connectivity index (χ4v) is 2.51.